The highest BCUT2D eigenvalue weighted by atomic mass is 16.5. The van der Waals surface area contributed by atoms with E-state index < -0.39 is 0 Å². The van der Waals surface area contributed by atoms with Gasteiger partial charge in [-0.1, -0.05) is 13.0 Å². The van der Waals surface area contributed by atoms with Crippen LogP contribution < -0.4 is 10.1 Å². The largest absolute Gasteiger partial charge is 0.497 e. The van der Waals surface area contributed by atoms with E-state index in [0.717, 1.165) is 18.1 Å². The Morgan fingerprint density at radius 2 is 2.12 bits per heavy atom. The molecule has 0 radical (unpaired) electrons. The molecule has 88 valence electrons. The van der Waals surface area contributed by atoms with Crippen molar-refractivity contribution in [3.05, 3.63) is 29.3 Å². The van der Waals surface area contributed by atoms with Crippen LogP contribution in [0.15, 0.2) is 18.2 Å². The minimum Gasteiger partial charge on any atom is -0.497 e. The van der Waals surface area contributed by atoms with Gasteiger partial charge in [0, 0.05) is 0 Å². The Bertz CT molecular complexity index is 320. The molecule has 0 aliphatic carbocycles. The first kappa shape index (κ1) is 11.5. The monoisotopic (exact) mass is 219 g/mol. The molecule has 0 aromatic heterocycles. The molecule has 0 spiro atoms. The summed E-state index contributed by atoms with van der Waals surface area (Å²) in [6.07, 6.45) is 3.56. The van der Waals surface area contributed by atoms with Gasteiger partial charge in [-0.15, -0.1) is 0 Å². The molecule has 2 heteroatoms. The van der Waals surface area contributed by atoms with Gasteiger partial charge in [0.25, 0.3) is 0 Å². The summed E-state index contributed by atoms with van der Waals surface area (Å²) >= 11 is 0. The Labute approximate surface area is 98.0 Å². The summed E-state index contributed by atoms with van der Waals surface area (Å²) in [4.78, 5) is 0. The predicted octanol–water partition coefficient (Wildman–Crippen LogP) is 2.41. The fourth-order valence-electron chi connectivity index (χ4n) is 2.39. The molecule has 1 fully saturated rings. The number of rotatable bonds is 4. The smallest absolute Gasteiger partial charge is 0.119 e. The first-order valence-electron chi connectivity index (χ1n) is 6.19. The van der Waals surface area contributed by atoms with Crippen molar-refractivity contribution in [1.29, 1.82) is 0 Å². The summed E-state index contributed by atoms with van der Waals surface area (Å²) in [5.74, 6) is 1.80. The lowest BCUT2D eigenvalue weighted by molar-refractivity contribution is 0.413. The molecule has 16 heavy (non-hydrogen) atoms. The molecule has 1 aromatic carbocycles. The highest BCUT2D eigenvalue weighted by Gasteiger charge is 2.15. The third kappa shape index (κ3) is 2.76. The molecule has 1 heterocycles. The molecule has 1 atom stereocenters. The second-order valence-corrected chi connectivity index (χ2v) is 4.61. The molecule has 2 rings (SSSR count). The van der Waals surface area contributed by atoms with Crippen LogP contribution in [0.25, 0.3) is 0 Å². The van der Waals surface area contributed by atoms with E-state index in [1.807, 2.05) is 0 Å². The van der Waals surface area contributed by atoms with Crippen LogP contribution >= 0.6 is 0 Å². The summed E-state index contributed by atoms with van der Waals surface area (Å²) in [7, 11) is 1.75. The van der Waals surface area contributed by atoms with Crippen molar-refractivity contribution in [3.8, 4) is 5.75 Å². The molecule has 1 aliphatic rings. The van der Waals surface area contributed by atoms with Crippen LogP contribution in [0.3, 0.4) is 0 Å². The molecular weight excluding hydrogens is 198 g/mol. The molecule has 0 amide bonds. The minimum absolute atomic E-state index is 0.803. The van der Waals surface area contributed by atoms with Crippen LogP contribution in [-0.4, -0.2) is 20.2 Å². The van der Waals surface area contributed by atoms with Gasteiger partial charge in [0.2, 0.25) is 0 Å². The maximum Gasteiger partial charge on any atom is 0.119 e. The van der Waals surface area contributed by atoms with E-state index in [4.69, 9.17) is 4.74 Å². The van der Waals surface area contributed by atoms with E-state index in [1.165, 1.54) is 37.1 Å². The van der Waals surface area contributed by atoms with Gasteiger partial charge in [0.1, 0.15) is 5.75 Å². The third-order valence-electron chi connectivity index (χ3n) is 3.36. The topological polar surface area (TPSA) is 21.3 Å². The average molecular weight is 219 g/mol. The standard InChI is InChI=1S/C14H21NO/c1-3-11-6-13(9-14(8-11)16-2)7-12-4-5-15-10-12/h6,8-9,12,15H,3-5,7,10H2,1-2H3. The highest BCUT2D eigenvalue weighted by Crippen LogP contribution is 2.22. The van der Waals surface area contributed by atoms with Crippen molar-refractivity contribution < 1.29 is 4.74 Å². The molecule has 1 unspecified atom stereocenters. The molecule has 1 aliphatic heterocycles. The van der Waals surface area contributed by atoms with Crippen molar-refractivity contribution in [2.45, 2.75) is 26.2 Å². The molecule has 0 saturated carbocycles. The first-order valence-corrected chi connectivity index (χ1v) is 6.19. The molecule has 1 aromatic rings. The van der Waals surface area contributed by atoms with E-state index in [0.29, 0.717) is 0 Å². The zero-order chi connectivity index (χ0) is 11.4. The Kier molecular flexibility index (Phi) is 3.83. The Hall–Kier alpha value is -1.02. The Morgan fingerprint density at radius 3 is 2.75 bits per heavy atom. The van der Waals surface area contributed by atoms with E-state index in [1.54, 1.807) is 7.11 Å². The van der Waals surface area contributed by atoms with E-state index in [9.17, 15) is 0 Å². The number of benzene rings is 1. The zero-order valence-electron chi connectivity index (χ0n) is 10.3. The van der Waals surface area contributed by atoms with Gasteiger partial charge in [-0.25, -0.2) is 0 Å². The van der Waals surface area contributed by atoms with Gasteiger partial charge in [0.05, 0.1) is 7.11 Å². The zero-order valence-corrected chi connectivity index (χ0v) is 10.3. The fourth-order valence-corrected chi connectivity index (χ4v) is 2.39. The van der Waals surface area contributed by atoms with Crippen LogP contribution in [0, 0.1) is 5.92 Å². The normalized spacial score (nSPS) is 20.0. The van der Waals surface area contributed by atoms with Crippen molar-refractivity contribution in [1.82, 2.24) is 5.32 Å². The van der Waals surface area contributed by atoms with Gasteiger partial charge in [-0.05, 0) is 61.5 Å². The van der Waals surface area contributed by atoms with Gasteiger partial charge in [-0.3, -0.25) is 0 Å². The summed E-state index contributed by atoms with van der Waals surface area (Å²) in [6.45, 7) is 4.53. The first-order chi connectivity index (χ1) is 7.81. The maximum atomic E-state index is 5.35. The van der Waals surface area contributed by atoms with Crippen molar-refractivity contribution >= 4 is 0 Å². The van der Waals surface area contributed by atoms with Crippen LogP contribution in [-0.2, 0) is 12.8 Å². The van der Waals surface area contributed by atoms with E-state index >= 15 is 0 Å². The molecule has 1 saturated heterocycles. The quantitative estimate of drug-likeness (QED) is 0.839. The fraction of sp³-hybridized carbons (Fsp3) is 0.571. The van der Waals surface area contributed by atoms with Crippen LogP contribution in [0.5, 0.6) is 5.75 Å². The van der Waals surface area contributed by atoms with Crippen molar-refractivity contribution in [2.24, 2.45) is 5.92 Å². The number of hydrogen-bond acceptors (Lipinski definition) is 2. The number of hydrogen-bond donors (Lipinski definition) is 1. The summed E-state index contributed by atoms with van der Waals surface area (Å²) in [6, 6.07) is 6.63. The second-order valence-electron chi connectivity index (χ2n) is 4.61. The van der Waals surface area contributed by atoms with E-state index in [2.05, 4.69) is 30.4 Å². The lowest BCUT2D eigenvalue weighted by atomic mass is 9.96. The lowest BCUT2D eigenvalue weighted by Crippen LogP contribution is -2.10. The van der Waals surface area contributed by atoms with Crippen LogP contribution in [0.4, 0.5) is 0 Å². The van der Waals surface area contributed by atoms with Gasteiger partial charge >= 0.3 is 0 Å². The van der Waals surface area contributed by atoms with Crippen molar-refractivity contribution in [3.63, 3.8) is 0 Å². The maximum absolute atomic E-state index is 5.35. The Morgan fingerprint density at radius 1 is 1.31 bits per heavy atom. The minimum atomic E-state index is 0.803. The molecule has 2 nitrogen and oxygen atoms in total. The summed E-state index contributed by atoms with van der Waals surface area (Å²) in [5, 5.41) is 3.42. The van der Waals surface area contributed by atoms with Crippen LogP contribution in [0.1, 0.15) is 24.5 Å². The average Bonchev–Trinajstić information content (AvgIpc) is 2.81. The summed E-state index contributed by atoms with van der Waals surface area (Å²) in [5.41, 5.74) is 2.80. The molecular formula is C14H21NO. The Balaban J connectivity index is 2.12. The number of ether oxygens (including phenoxy) is 1. The highest BCUT2D eigenvalue weighted by molar-refractivity contribution is 5.34. The molecule has 1 N–H and O–H groups in total. The van der Waals surface area contributed by atoms with Gasteiger partial charge in [0.15, 0.2) is 0 Å². The predicted molar refractivity (Wildman–Crippen MR) is 67.1 cm³/mol. The van der Waals surface area contributed by atoms with Gasteiger partial charge < -0.3 is 10.1 Å². The second kappa shape index (κ2) is 5.35. The van der Waals surface area contributed by atoms with Crippen molar-refractivity contribution in [2.75, 3.05) is 20.2 Å². The number of aryl methyl sites for hydroxylation is 1. The van der Waals surface area contributed by atoms with E-state index in [-0.39, 0.29) is 0 Å². The molecule has 0 bridgehead atoms. The number of methoxy groups -OCH3 is 1. The third-order valence-corrected chi connectivity index (χ3v) is 3.36. The summed E-state index contributed by atoms with van der Waals surface area (Å²) < 4.78 is 5.35. The lowest BCUT2D eigenvalue weighted by Gasteiger charge is -2.11. The van der Waals surface area contributed by atoms with Crippen LogP contribution in [0.2, 0.25) is 0 Å². The SMILES string of the molecule is CCc1cc(CC2CCNC2)cc(OC)c1. The van der Waals surface area contributed by atoms with Gasteiger partial charge in [-0.2, -0.15) is 0 Å². The number of nitrogens with one attached hydrogen (secondary N) is 1.